The number of rotatable bonds is 0. The van der Waals surface area contributed by atoms with E-state index in [0.29, 0.717) is 12.2 Å². The Morgan fingerprint density at radius 2 is 1.45 bits per heavy atom. The van der Waals surface area contributed by atoms with Crippen LogP contribution in [0.1, 0.15) is 39.0 Å². The van der Waals surface area contributed by atoms with E-state index in [2.05, 4.69) is 10.9 Å². The molecule has 4 fully saturated rings. The monoisotopic (exact) mass is 413 g/mol. The molecule has 9 heteroatoms. The van der Waals surface area contributed by atoms with Crippen LogP contribution < -0.4 is 0 Å². The first-order chi connectivity index (χ1) is 8.75. The Labute approximate surface area is 115 Å². The van der Waals surface area contributed by atoms with E-state index >= 15 is 0 Å². The number of hydrogen-bond acceptors (Lipinski definition) is 1. The Morgan fingerprint density at radius 1 is 1.00 bits per heavy atom. The minimum absolute atomic E-state index is 0.240. The molecule has 0 radical (unpaired) electrons. The summed E-state index contributed by atoms with van der Waals surface area (Å²) in [7, 11) is 0. The average Bonchev–Trinajstić information content (AvgIpc) is 2.08. The fraction of sp³-hybridized carbons (Fsp3) is 0.909. The van der Waals surface area contributed by atoms with Gasteiger partial charge < -0.3 is 4.74 Å². The first-order valence-corrected chi connectivity index (χ1v) is 12.1. The van der Waals surface area contributed by atoms with Crippen molar-refractivity contribution in [1.29, 1.82) is 0 Å². The van der Waals surface area contributed by atoms with E-state index in [9.17, 15) is 16.9 Å². The minimum atomic E-state index is -11.2. The summed E-state index contributed by atoms with van der Waals surface area (Å²) in [5.41, 5.74) is 0.240. The molecule has 2 unspecified atom stereocenters. The molecule has 2 aliphatic carbocycles. The van der Waals surface area contributed by atoms with E-state index in [1.54, 1.807) is 0 Å². The second-order valence-corrected chi connectivity index (χ2v) is 11.3. The third-order valence-corrected chi connectivity index (χ3v) is 3.81. The van der Waals surface area contributed by atoms with Crippen molar-refractivity contribution >= 4 is 19.5 Å². The van der Waals surface area contributed by atoms with Crippen molar-refractivity contribution in [2.45, 2.75) is 56.8 Å². The van der Waals surface area contributed by atoms with Crippen LogP contribution in [0.5, 0.6) is 0 Å². The van der Waals surface area contributed by atoms with Crippen LogP contribution in [0.25, 0.3) is 4.85 Å². The summed E-state index contributed by atoms with van der Waals surface area (Å²) in [6.45, 7) is 1.92. The molecule has 2 nitrogen and oxygen atoms in total. The first kappa shape index (κ1) is 16.2. The second kappa shape index (κ2) is 4.19. The molecule has 0 aromatic rings. The molecule has 0 N–H and O–H groups in total. The number of ether oxygens (including phenoxy) is 1. The van der Waals surface area contributed by atoms with Crippen molar-refractivity contribution in [1.82, 2.24) is 0 Å². The van der Waals surface area contributed by atoms with E-state index in [-0.39, 0.29) is 5.54 Å². The Kier molecular flexibility index (Phi) is 3.40. The Morgan fingerprint density at radius 3 is 1.80 bits per heavy atom. The zero-order valence-corrected chi connectivity index (χ0v) is 13.4. The van der Waals surface area contributed by atoms with E-state index in [4.69, 9.17) is 4.74 Å². The summed E-state index contributed by atoms with van der Waals surface area (Å²) < 4.78 is 65.5. The summed E-state index contributed by atoms with van der Waals surface area (Å²) in [4.78, 5) is 4.59. The van der Waals surface area contributed by atoms with E-state index in [0.717, 1.165) is 18.8 Å². The summed E-state index contributed by atoms with van der Waals surface area (Å²) in [6, 6.07) is 2.99. The average molecular weight is 414 g/mol. The van der Waals surface area contributed by atoms with Gasteiger partial charge in [-0.2, -0.15) is 0 Å². The molecule has 2 heterocycles. The Bertz CT molecular complexity index is 415. The Hall–Kier alpha value is -0.152. The summed E-state index contributed by atoms with van der Waals surface area (Å²) >= 11 is -11.2. The zero-order valence-electron chi connectivity index (χ0n) is 10.8. The van der Waals surface area contributed by atoms with E-state index in [1.165, 1.54) is 19.3 Å². The summed E-state index contributed by atoms with van der Waals surface area (Å²) in [6.07, 6.45) is 7.22. The molecule has 0 aromatic heterocycles. The summed E-state index contributed by atoms with van der Waals surface area (Å²) in [5.74, 6) is 0.892. The van der Waals surface area contributed by atoms with Gasteiger partial charge in [-0.15, -0.1) is 0 Å². The number of hydrogen-bond donors (Lipinski definition) is 0. The van der Waals surface area contributed by atoms with E-state index < -0.39 is 19.5 Å². The van der Waals surface area contributed by atoms with Crippen LogP contribution in [0.4, 0.5) is 16.9 Å². The molecule has 4 atom stereocenters. The fourth-order valence-electron chi connectivity index (χ4n) is 3.66. The SMILES string of the molecule is CC#[N+]C12CC3C[C@H](C1)O[C@@H](C3)C2.[F][Sb-]([F])([F])([F])([F])[F]. The standard InChI is InChI=1S/C11H16NO.6FH.Sb/c1-2-12-11-5-8-3-9(6-11)13-10(4-8)7-11;;;;;;;/h8-10H,3-7H2,1H3;6*1H;/q+1;;;;;;;+5/p-6/t8?,9-,10+,11?;;;;;;;. The van der Waals surface area contributed by atoms with Crippen LogP contribution in [0, 0.1) is 12.0 Å². The predicted octanol–water partition coefficient (Wildman–Crippen LogP) is 4.58. The van der Waals surface area contributed by atoms with Gasteiger partial charge in [-0.05, 0) is 18.8 Å². The molecule has 2 saturated heterocycles. The Balaban J connectivity index is 0.000000182. The van der Waals surface area contributed by atoms with Crippen LogP contribution in [-0.4, -0.2) is 37.2 Å². The van der Waals surface area contributed by atoms with Gasteiger partial charge in [0.2, 0.25) is 0 Å². The van der Waals surface area contributed by atoms with Crippen molar-refractivity contribution in [3.05, 3.63) is 4.85 Å². The zero-order chi connectivity index (χ0) is 15.3. The second-order valence-electron chi connectivity index (χ2n) is 5.85. The molecule has 0 aromatic carbocycles. The van der Waals surface area contributed by atoms with Gasteiger partial charge >= 0.3 is 36.4 Å². The molecular weight excluding hydrogens is 398 g/mol. The summed E-state index contributed by atoms with van der Waals surface area (Å²) in [5, 5.41) is 0. The van der Waals surface area contributed by atoms with Gasteiger partial charge in [0, 0.05) is 6.42 Å². The van der Waals surface area contributed by atoms with Gasteiger partial charge in [0.15, 0.2) is 0 Å². The molecule has 4 rings (SSSR count). The fourth-order valence-corrected chi connectivity index (χ4v) is 3.66. The number of nitrogens with zero attached hydrogens (tertiary/aromatic N) is 1. The molecular formula is C11H16F6NOSb. The number of halogens is 6. The first-order valence-electron chi connectivity index (χ1n) is 6.35. The molecule has 4 aliphatic rings. The van der Waals surface area contributed by atoms with Crippen LogP contribution in [0.15, 0.2) is 0 Å². The molecule has 2 aliphatic heterocycles. The van der Waals surface area contributed by atoms with Gasteiger partial charge in [0.1, 0.15) is 0 Å². The molecule has 0 spiro atoms. The van der Waals surface area contributed by atoms with Gasteiger partial charge in [0.25, 0.3) is 11.6 Å². The van der Waals surface area contributed by atoms with Crippen LogP contribution in [-0.2, 0) is 4.74 Å². The molecule has 20 heavy (non-hydrogen) atoms. The van der Waals surface area contributed by atoms with Crippen LogP contribution in [0.3, 0.4) is 0 Å². The van der Waals surface area contributed by atoms with Crippen molar-refractivity contribution in [3.63, 3.8) is 0 Å². The topological polar surface area (TPSA) is 13.6 Å². The van der Waals surface area contributed by atoms with Crippen molar-refractivity contribution < 1.29 is 21.6 Å². The third kappa shape index (κ3) is 5.32. The van der Waals surface area contributed by atoms with Crippen molar-refractivity contribution in [2.24, 2.45) is 5.92 Å². The molecule has 2 saturated carbocycles. The maximum absolute atomic E-state index is 11.2. The van der Waals surface area contributed by atoms with Crippen LogP contribution >= 0.6 is 0 Å². The van der Waals surface area contributed by atoms with Gasteiger partial charge in [-0.1, -0.05) is 4.85 Å². The van der Waals surface area contributed by atoms with Gasteiger partial charge in [-0.25, -0.2) is 0 Å². The van der Waals surface area contributed by atoms with Crippen molar-refractivity contribution in [2.75, 3.05) is 0 Å². The van der Waals surface area contributed by atoms with Crippen molar-refractivity contribution in [3.8, 4) is 6.07 Å². The van der Waals surface area contributed by atoms with Gasteiger partial charge in [0.05, 0.1) is 32.0 Å². The van der Waals surface area contributed by atoms with Crippen LogP contribution in [0.2, 0.25) is 0 Å². The normalized spacial score (nSPS) is 41.6. The quantitative estimate of drug-likeness (QED) is 0.418. The molecule has 0 amide bonds. The molecule has 118 valence electrons. The predicted molar refractivity (Wildman–Crippen MR) is 63.3 cm³/mol. The van der Waals surface area contributed by atoms with E-state index in [1.807, 2.05) is 6.92 Å². The van der Waals surface area contributed by atoms with Gasteiger partial charge in [-0.3, -0.25) is 0 Å². The molecule has 4 bridgehead atoms. The third-order valence-electron chi connectivity index (χ3n) is 3.81. The maximum atomic E-state index is 9.93.